The Labute approximate surface area is 167 Å². The quantitative estimate of drug-likeness (QED) is 0.542. The van der Waals surface area contributed by atoms with E-state index in [4.69, 9.17) is 21.1 Å². The number of halogens is 1. The fraction of sp³-hybridized carbons (Fsp3) is 0.316. The third-order valence-corrected chi connectivity index (χ3v) is 4.76. The van der Waals surface area contributed by atoms with Crippen LogP contribution < -0.4 is 14.4 Å². The van der Waals surface area contributed by atoms with Crippen molar-refractivity contribution in [2.24, 2.45) is 0 Å². The van der Waals surface area contributed by atoms with Crippen molar-refractivity contribution in [2.45, 2.75) is 0 Å². The highest BCUT2D eigenvalue weighted by Crippen LogP contribution is 2.31. The van der Waals surface area contributed by atoms with E-state index in [0.29, 0.717) is 48.4 Å². The molecule has 148 valence electrons. The second-order valence-corrected chi connectivity index (χ2v) is 6.66. The van der Waals surface area contributed by atoms with Crippen LogP contribution in [0.1, 0.15) is 0 Å². The smallest absolute Gasteiger partial charge is 0.294 e. The lowest BCUT2D eigenvalue weighted by atomic mass is 10.2. The van der Waals surface area contributed by atoms with Crippen molar-refractivity contribution >= 4 is 28.9 Å². The minimum absolute atomic E-state index is 0.0323. The molecule has 0 radical (unpaired) electrons. The number of hydrogen-bond acceptors (Lipinski definition) is 6. The van der Waals surface area contributed by atoms with E-state index in [2.05, 4.69) is 0 Å². The summed E-state index contributed by atoms with van der Waals surface area (Å²) in [5.74, 6) is 1.18. The molecule has 0 bridgehead atoms. The molecule has 0 unspecified atom stereocenters. The van der Waals surface area contributed by atoms with E-state index in [1.165, 1.54) is 6.07 Å². The minimum Gasteiger partial charge on any atom is -0.497 e. The van der Waals surface area contributed by atoms with Crippen molar-refractivity contribution in [1.82, 2.24) is 4.90 Å². The number of nitrogens with zero attached hydrogens (tertiary/aromatic N) is 3. The standard InChI is InChI=1S/C19H20ClN3O5/c1-27-15-3-5-16(6-4-15)28-13-19(24)22-10-8-21(9-11-22)17-7-2-14(20)12-18(17)23(25)26/h2-7,12H,8-11,13H2,1H3. The monoisotopic (exact) mass is 405 g/mol. The van der Waals surface area contributed by atoms with Crippen LogP contribution in [0.25, 0.3) is 0 Å². The molecule has 0 N–H and O–H groups in total. The molecule has 2 aromatic carbocycles. The first-order valence-electron chi connectivity index (χ1n) is 8.71. The zero-order valence-electron chi connectivity index (χ0n) is 15.3. The maximum Gasteiger partial charge on any atom is 0.294 e. The SMILES string of the molecule is COc1ccc(OCC(=O)N2CCN(c3ccc(Cl)cc3[N+](=O)[O-])CC2)cc1. The molecule has 28 heavy (non-hydrogen) atoms. The third kappa shape index (κ3) is 4.64. The third-order valence-electron chi connectivity index (χ3n) is 4.53. The second kappa shape index (κ2) is 8.79. The zero-order chi connectivity index (χ0) is 20.1. The number of nitro benzene ring substituents is 1. The van der Waals surface area contributed by atoms with Gasteiger partial charge in [0, 0.05) is 37.3 Å². The zero-order valence-corrected chi connectivity index (χ0v) is 16.1. The topological polar surface area (TPSA) is 85.2 Å². The van der Waals surface area contributed by atoms with E-state index < -0.39 is 4.92 Å². The van der Waals surface area contributed by atoms with Crippen molar-refractivity contribution in [2.75, 3.05) is 44.8 Å². The van der Waals surface area contributed by atoms with Gasteiger partial charge in [0.25, 0.3) is 11.6 Å². The Balaban J connectivity index is 1.55. The lowest BCUT2D eigenvalue weighted by molar-refractivity contribution is -0.384. The molecule has 1 fully saturated rings. The minimum atomic E-state index is -0.443. The van der Waals surface area contributed by atoms with Crippen LogP contribution in [0.4, 0.5) is 11.4 Å². The number of carbonyl (C=O) groups is 1. The number of ether oxygens (including phenoxy) is 2. The van der Waals surface area contributed by atoms with Crippen LogP contribution in [0.3, 0.4) is 0 Å². The first-order chi connectivity index (χ1) is 13.5. The summed E-state index contributed by atoms with van der Waals surface area (Å²) in [5, 5.41) is 11.6. The molecule has 9 heteroatoms. The molecular formula is C19H20ClN3O5. The molecule has 8 nitrogen and oxygen atoms in total. The van der Waals surface area contributed by atoms with Crippen molar-refractivity contribution < 1.29 is 19.2 Å². The van der Waals surface area contributed by atoms with Gasteiger partial charge in [0.15, 0.2) is 6.61 Å². The van der Waals surface area contributed by atoms with E-state index >= 15 is 0 Å². The molecule has 1 aliphatic rings. The highest BCUT2D eigenvalue weighted by atomic mass is 35.5. The van der Waals surface area contributed by atoms with Crippen molar-refractivity contribution in [3.63, 3.8) is 0 Å². The van der Waals surface area contributed by atoms with Crippen LogP contribution in [0.5, 0.6) is 11.5 Å². The summed E-state index contributed by atoms with van der Waals surface area (Å²) in [4.78, 5) is 26.8. The van der Waals surface area contributed by atoms with Gasteiger partial charge < -0.3 is 19.3 Å². The van der Waals surface area contributed by atoms with E-state index in [0.717, 1.165) is 0 Å². The summed E-state index contributed by atoms with van der Waals surface area (Å²) >= 11 is 5.87. The van der Waals surface area contributed by atoms with Gasteiger partial charge in [-0.15, -0.1) is 0 Å². The number of hydrogen-bond donors (Lipinski definition) is 0. The molecule has 0 saturated carbocycles. The van der Waals surface area contributed by atoms with E-state index in [1.807, 2.05) is 4.90 Å². The van der Waals surface area contributed by atoms with E-state index in [-0.39, 0.29) is 18.2 Å². The summed E-state index contributed by atoms with van der Waals surface area (Å²) in [6.07, 6.45) is 0. The summed E-state index contributed by atoms with van der Waals surface area (Å²) in [5.41, 5.74) is 0.478. The average Bonchev–Trinajstić information content (AvgIpc) is 2.72. The van der Waals surface area contributed by atoms with Crippen LogP contribution in [0.15, 0.2) is 42.5 Å². The fourth-order valence-electron chi connectivity index (χ4n) is 3.02. The number of benzene rings is 2. The Morgan fingerprint density at radius 1 is 1.11 bits per heavy atom. The molecule has 2 aromatic rings. The van der Waals surface area contributed by atoms with Gasteiger partial charge in [0.1, 0.15) is 17.2 Å². The highest BCUT2D eigenvalue weighted by molar-refractivity contribution is 6.30. The average molecular weight is 406 g/mol. The predicted molar refractivity (Wildman–Crippen MR) is 105 cm³/mol. The number of carbonyl (C=O) groups excluding carboxylic acids is 1. The number of amides is 1. The fourth-order valence-corrected chi connectivity index (χ4v) is 3.18. The number of methoxy groups -OCH3 is 1. The maximum atomic E-state index is 12.4. The van der Waals surface area contributed by atoms with Gasteiger partial charge >= 0.3 is 0 Å². The molecule has 0 spiro atoms. The van der Waals surface area contributed by atoms with Crippen LogP contribution in [-0.4, -0.2) is 55.6 Å². The summed E-state index contributed by atoms with van der Waals surface area (Å²) < 4.78 is 10.6. The van der Waals surface area contributed by atoms with Gasteiger partial charge in [0.2, 0.25) is 0 Å². The molecule has 0 aliphatic carbocycles. The summed E-state index contributed by atoms with van der Waals surface area (Å²) in [6.45, 7) is 1.86. The molecule has 1 saturated heterocycles. The Morgan fingerprint density at radius 3 is 2.36 bits per heavy atom. The Hall–Kier alpha value is -3.00. The number of anilines is 1. The van der Waals surface area contributed by atoms with Crippen molar-refractivity contribution in [3.05, 3.63) is 57.6 Å². The van der Waals surface area contributed by atoms with Gasteiger partial charge in [-0.05, 0) is 36.4 Å². The summed E-state index contributed by atoms with van der Waals surface area (Å²) in [7, 11) is 1.58. The van der Waals surface area contributed by atoms with Crippen molar-refractivity contribution in [3.8, 4) is 11.5 Å². The van der Waals surface area contributed by atoms with E-state index in [9.17, 15) is 14.9 Å². The number of nitro groups is 1. The van der Waals surface area contributed by atoms with Crippen LogP contribution in [0, 0.1) is 10.1 Å². The first kappa shape index (κ1) is 19.8. The second-order valence-electron chi connectivity index (χ2n) is 6.22. The van der Waals surface area contributed by atoms with Crippen molar-refractivity contribution in [1.29, 1.82) is 0 Å². The number of piperazine rings is 1. The molecule has 1 aliphatic heterocycles. The molecule has 1 heterocycles. The predicted octanol–water partition coefficient (Wildman–Crippen LogP) is 2.98. The van der Waals surface area contributed by atoms with E-state index in [1.54, 1.807) is 48.4 Å². The van der Waals surface area contributed by atoms with Gasteiger partial charge in [-0.25, -0.2) is 0 Å². The van der Waals surface area contributed by atoms with Gasteiger partial charge in [0.05, 0.1) is 12.0 Å². The highest BCUT2D eigenvalue weighted by Gasteiger charge is 2.26. The molecule has 3 rings (SSSR count). The van der Waals surface area contributed by atoms with Gasteiger partial charge in [-0.2, -0.15) is 0 Å². The normalized spacial score (nSPS) is 13.9. The first-order valence-corrected chi connectivity index (χ1v) is 9.09. The van der Waals surface area contributed by atoms with Gasteiger partial charge in [-0.1, -0.05) is 11.6 Å². The number of rotatable bonds is 6. The molecule has 0 atom stereocenters. The Kier molecular flexibility index (Phi) is 6.20. The lowest BCUT2D eigenvalue weighted by Gasteiger charge is -2.35. The van der Waals surface area contributed by atoms with Crippen LogP contribution in [-0.2, 0) is 4.79 Å². The molecule has 0 aromatic heterocycles. The van der Waals surface area contributed by atoms with Crippen LogP contribution in [0.2, 0.25) is 5.02 Å². The maximum absolute atomic E-state index is 12.4. The largest absolute Gasteiger partial charge is 0.497 e. The molecular weight excluding hydrogens is 386 g/mol. The molecule has 1 amide bonds. The lowest BCUT2D eigenvalue weighted by Crippen LogP contribution is -2.50. The van der Waals surface area contributed by atoms with Gasteiger partial charge in [-0.3, -0.25) is 14.9 Å². The summed E-state index contributed by atoms with van der Waals surface area (Å²) in [6, 6.07) is 11.6. The van der Waals surface area contributed by atoms with Crippen LogP contribution >= 0.6 is 11.6 Å². The Bertz CT molecular complexity index is 851. The Morgan fingerprint density at radius 2 is 1.75 bits per heavy atom.